The van der Waals surface area contributed by atoms with Crippen molar-refractivity contribution in [1.82, 2.24) is 0 Å². The fourth-order valence-corrected chi connectivity index (χ4v) is 3.20. The van der Waals surface area contributed by atoms with Crippen molar-refractivity contribution in [2.24, 2.45) is 0 Å². The van der Waals surface area contributed by atoms with E-state index in [0.717, 1.165) is 12.8 Å². The zero-order valence-electron chi connectivity index (χ0n) is 11.7. The molecule has 1 saturated carbocycles. The van der Waals surface area contributed by atoms with E-state index in [0.29, 0.717) is 6.10 Å². The molecule has 0 bridgehead atoms. The SMILES string of the molecule is CCCC#Cc1ccccc1C1OC12CCCCC2. The van der Waals surface area contributed by atoms with Gasteiger partial charge in [-0.15, -0.1) is 0 Å². The highest BCUT2D eigenvalue weighted by molar-refractivity contribution is 5.45. The number of ether oxygens (including phenoxy) is 1. The monoisotopic (exact) mass is 254 g/mol. The van der Waals surface area contributed by atoms with Crippen LogP contribution < -0.4 is 0 Å². The van der Waals surface area contributed by atoms with Crippen molar-refractivity contribution in [3.05, 3.63) is 35.4 Å². The predicted octanol–water partition coefficient (Wildman–Crippen LogP) is 4.61. The summed E-state index contributed by atoms with van der Waals surface area (Å²) in [6.07, 6.45) is 8.88. The maximum atomic E-state index is 6.11. The molecule has 1 unspecified atom stereocenters. The zero-order chi connectivity index (χ0) is 13.1. The summed E-state index contributed by atoms with van der Waals surface area (Å²) in [6.45, 7) is 2.17. The summed E-state index contributed by atoms with van der Waals surface area (Å²) in [7, 11) is 0. The van der Waals surface area contributed by atoms with E-state index in [4.69, 9.17) is 4.74 Å². The maximum Gasteiger partial charge on any atom is 0.114 e. The van der Waals surface area contributed by atoms with Gasteiger partial charge < -0.3 is 4.74 Å². The minimum absolute atomic E-state index is 0.167. The lowest BCUT2D eigenvalue weighted by atomic mass is 9.83. The van der Waals surface area contributed by atoms with Crippen LogP contribution in [-0.2, 0) is 4.74 Å². The van der Waals surface area contributed by atoms with E-state index in [-0.39, 0.29) is 5.60 Å². The van der Waals surface area contributed by atoms with Crippen molar-refractivity contribution >= 4 is 0 Å². The Morgan fingerprint density at radius 1 is 1.21 bits per heavy atom. The molecule has 1 aromatic carbocycles. The van der Waals surface area contributed by atoms with Crippen LogP contribution in [0.2, 0.25) is 0 Å². The van der Waals surface area contributed by atoms with Crippen LogP contribution in [0.3, 0.4) is 0 Å². The normalized spacial score (nSPS) is 23.7. The highest BCUT2D eigenvalue weighted by Gasteiger charge is 2.57. The molecule has 1 spiro atoms. The van der Waals surface area contributed by atoms with Crippen molar-refractivity contribution < 1.29 is 4.74 Å². The van der Waals surface area contributed by atoms with Gasteiger partial charge in [0.25, 0.3) is 0 Å². The molecular formula is C18H22O. The second-order valence-electron chi connectivity index (χ2n) is 5.76. The predicted molar refractivity (Wildman–Crippen MR) is 77.9 cm³/mol. The van der Waals surface area contributed by atoms with Crippen molar-refractivity contribution in [2.45, 2.75) is 63.6 Å². The molecule has 100 valence electrons. The second-order valence-corrected chi connectivity index (χ2v) is 5.76. The zero-order valence-corrected chi connectivity index (χ0v) is 11.7. The lowest BCUT2D eigenvalue weighted by molar-refractivity contribution is 0.233. The maximum absolute atomic E-state index is 6.11. The molecule has 1 aromatic rings. The molecule has 1 saturated heterocycles. The molecule has 0 amide bonds. The molecule has 1 heteroatoms. The number of benzene rings is 1. The number of unbranched alkanes of at least 4 members (excludes halogenated alkanes) is 1. The van der Waals surface area contributed by atoms with Crippen LogP contribution in [0.4, 0.5) is 0 Å². The van der Waals surface area contributed by atoms with Crippen LogP contribution in [0.5, 0.6) is 0 Å². The third-order valence-corrected chi connectivity index (χ3v) is 4.31. The largest absolute Gasteiger partial charge is 0.361 e. The van der Waals surface area contributed by atoms with E-state index in [9.17, 15) is 0 Å². The van der Waals surface area contributed by atoms with Crippen molar-refractivity contribution in [1.29, 1.82) is 0 Å². The third kappa shape index (κ3) is 2.55. The first kappa shape index (κ1) is 12.8. The number of epoxide rings is 1. The van der Waals surface area contributed by atoms with Crippen LogP contribution in [0.25, 0.3) is 0 Å². The molecule has 1 aliphatic heterocycles. The van der Waals surface area contributed by atoms with E-state index >= 15 is 0 Å². The molecule has 0 aromatic heterocycles. The van der Waals surface area contributed by atoms with Gasteiger partial charge in [0.2, 0.25) is 0 Å². The molecular weight excluding hydrogens is 232 g/mol. The smallest absolute Gasteiger partial charge is 0.114 e. The fraction of sp³-hybridized carbons (Fsp3) is 0.556. The van der Waals surface area contributed by atoms with Crippen LogP contribution in [0, 0.1) is 11.8 Å². The molecule has 1 nitrogen and oxygen atoms in total. The summed E-state index contributed by atoms with van der Waals surface area (Å²) in [5.74, 6) is 6.59. The quantitative estimate of drug-likeness (QED) is 0.554. The molecule has 2 aliphatic rings. The Hall–Kier alpha value is -1.26. The molecule has 1 atom stereocenters. The fourth-order valence-electron chi connectivity index (χ4n) is 3.20. The molecule has 3 rings (SSSR count). The Kier molecular flexibility index (Phi) is 3.62. The van der Waals surface area contributed by atoms with E-state index in [2.05, 4.69) is 43.0 Å². The Morgan fingerprint density at radius 2 is 2.00 bits per heavy atom. The van der Waals surface area contributed by atoms with Gasteiger partial charge in [0.15, 0.2) is 0 Å². The van der Waals surface area contributed by atoms with Crippen LogP contribution in [0.1, 0.15) is 69.1 Å². The molecule has 0 N–H and O–H groups in total. The Balaban J connectivity index is 1.81. The summed E-state index contributed by atoms with van der Waals surface area (Å²) in [4.78, 5) is 0. The van der Waals surface area contributed by atoms with Gasteiger partial charge in [0, 0.05) is 12.0 Å². The average molecular weight is 254 g/mol. The van der Waals surface area contributed by atoms with Crippen molar-refractivity contribution in [3.63, 3.8) is 0 Å². The minimum Gasteiger partial charge on any atom is -0.361 e. The van der Waals surface area contributed by atoms with E-state index in [1.807, 2.05) is 0 Å². The molecule has 2 fully saturated rings. The van der Waals surface area contributed by atoms with Gasteiger partial charge in [-0.2, -0.15) is 0 Å². The van der Waals surface area contributed by atoms with Gasteiger partial charge in [0.05, 0.1) is 5.60 Å². The number of hydrogen-bond donors (Lipinski definition) is 0. The highest BCUT2D eigenvalue weighted by Crippen LogP contribution is 2.58. The molecule has 1 heterocycles. The summed E-state index contributed by atoms with van der Waals surface area (Å²) in [5.41, 5.74) is 2.65. The van der Waals surface area contributed by atoms with Gasteiger partial charge in [-0.05, 0) is 30.9 Å². The minimum atomic E-state index is 0.167. The van der Waals surface area contributed by atoms with E-state index in [1.54, 1.807) is 0 Å². The van der Waals surface area contributed by atoms with Gasteiger partial charge in [0.1, 0.15) is 6.10 Å². The molecule has 0 radical (unpaired) electrons. The Morgan fingerprint density at radius 3 is 2.79 bits per heavy atom. The summed E-state index contributed by atoms with van der Waals surface area (Å²) in [6, 6.07) is 8.52. The van der Waals surface area contributed by atoms with Gasteiger partial charge in [-0.25, -0.2) is 0 Å². The topological polar surface area (TPSA) is 12.5 Å². The lowest BCUT2D eigenvalue weighted by Crippen LogP contribution is -2.16. The van der Waals surface area contributed by atoms with E-state index < -0.39 is 0 Å². The third-order valence-electron chi connectivity index (χ3n) is 4.31. The first-order chi connectivity index (χ1) is 9.36. The summed E-state index contributed by atoms with van der Waals surface area (Å²) >= 11 is 0. The van der Waals surface area contributed by atoms with Gasteiger partial charge >= 0.3 is 0 Å². The van der Waals surface area contributed by atoms with Crippen LogP contribution in [0.15, 0.2) is 24.3 Å². The first-order valence-corrected chi connectivity index (χ1v) is 7.61. The average Bonchev–Trinajstić information content (AvgIpc) is 3.14. The van der Waals surface area contributed by atoms with Crippen molar-refractivity contribution in [2.75, 3.05) is 0 Å². The Labute approximate surface area is 116 Å². The molecule has 19 heavy (non-hydrogen) atoms. The van der Waals surface area contributed by atoms with E-state index in [1.165, 1.54) is 43.2 Å². The standard InChI is InChI=1S/C18H22O/c1-2-3-5-10-15-11-6-7-12-16(15)17-18(19-17)13-8-4-9-14-18/h6-7,11-12,17H,2-4,8-9,13-14H2,1H3. The van der Waals surface area contributed by atoms with Gasteiger partial charge in [-0.1, -0.05) is 56.2 Å². The number of hydrogen-bond acceptors (Lipinski definition) is 1. The second kappa shape index (κ2) is 5.39. The first-order valence-electron chi connectivity index (χ1n) is 7.61. The summed E-state index contributed by atoms with van der Waals surface area (Å²) < 4.78 is 6.11. The summed E-state index contributed by atoms with van der Waals surface area (Å²) in [5, 5.41) is 0. The lowest BCUT2D eigenvalue weighted by Gasteiger charge is -2.18. The van der Waals surface area contributed by atoms with Crippen LogP contribution >= 0.6 is 0 Å². The van der Waals surface area contributed by atoms with Crippen LogP contribution in [-0.4, -0.2) is 5.60 Å². The van der Waals surface area contributed by atoms with Gasteiger partial charge in [-0.3, -0.25) is 0 Å². The molecule has 1 aliphatic carbocycles. The highest BCUT2D eigenvalue weighted by atomic mass is 16.6. The number of rotatable bonds is 2. The Bertz CT molecular complexity index is 500. The van der Waals surface area contributed by atoms with Crippen molar-refractivity contribution in [3.8, 4) is 11.8 Å².